The van der Waals surface area contributed by atoms with Gasteiger partial charge in [0.1, 0.15) is 0 Å². The van der Waals surface area contributed by atoms with Crippen LogP contribution < -0.4 is 0 Å². The Morgan fingerprint density at radius 3 is 2.64 bits per heavy atom. The monoisotopic (exact) mass is 277 g/mol. The van der Waals surface area contributed by atoms with Crippen LogP contribution in [0.15, 0.2) is 29.8 Å². The predicted molar refractivity (Wildman–Crippen MR) is 43.5 cm³/mol. The summed E-state index contributed by atoms with van der Waals surface area (Å²) in [5.41, 5.74) is 0.121. The van der Waals surface area contributed by atoms with E-state index in [2.05, 4.69) is 12.8 Å². The standard InChI is InChI=1S/C9H9F3N.Y/c1-6-7(3-9(11)12)4-13(2)5-8(6)10;/h5,9H,1,3H2,2H3;/q-1;. The van der Waals surface area contributed by atoms with Gasteiger partial charge in [0.05, 0.1) is 0 Å². The van der Waals surface area contributed by atoms with E-state index in [9.17, 15) is 13.2 Å². The van der Waals surface area contributed by atoms with Gasteiger partial charge in [-0.2, -0.15) is 0 Å². The summed E-state index contributed by atoms with van der Waals surface area (Å²) in [6, 6.07) is 0. The molecule has 0 fully saturated rings. The Morgan fingerprint density at radius 2 is 2.14 bits per heavy atom. The molecule has 14 heavy (non-hydrogen) atoms. The van der Waals surface area contributed by atoms with Crippen LogP contribution in [0, 0.1) is 6.20 Å². The van der Waals surface area contributed by atoms with Crippen LogP contribution in [-0.4, -0.2) is 18.4 Å². The fraction of sp³-hybridized carbons (Fsp3) is 0.333. The Balaban J connectivity index is 0.00000169. The first-order chi connectivity index (χ1) is 6.00. The molecular weight excluding hydrogens is 268 g/mol. The van der Waals surface area contributed by atoms with Crippen LogP contribution in [0.5, 0.6) is 0 Å². The van der Waals surface area contributed by atoms with Gasteiger partial charge in [0.2, 0.25) is 6.43 Å². The third-order valence-corrected chi connectivity index (χ3v) is 1.63. The number of allylic oxidation sites excluding steroid dienone is 3. The van der Waals surface area contributed by atoms with Crippen LogP contribution in [0.1, 0.15) is 6.42 Å². The van der Waals surface area contributed by atoms with Crippen molar-refractivity contribution in [3.63, 3.8) is 0 Å². The average Bonchev–Trinajstić information content (AvgIpc) is 1.98. The van der Waals surface area contributed by atoms with Crippen molar-refractivity contribution in [1.29, 1.82) is 0 Å². The topological polar surface area (TPSA) is 3.24 Å². The van der Waals surface area contributed by atoms with Crippen LogP contribution in [0.4, 0.5) is 13.2 Å². The molecule has 0 saturated carbocycles. The summed E-state index contributed by atoms with van der Waals surface area (Å²) >= 11 is 0. The number of nitrogens with zero attached hydrogens (tertiary/aromatic N) is 1. The van der Waals surface area contributed by atoms with Crippen molar-refractivity contribution in [2.45, 2.75) is 12.8 Å². The maximum Gasteiger partial charge on any atom is 0.240 e. The Labute approximate surface area is 106 Å². The first-order valence-electron chi connectivity index (χ1n) is 3.71. The molecule has 0 aliphatic carbocycles. The van der Waals surface area contributed by atoms with Crippen LogP contribution in [0.25, 0.3) is 0 Å². The Kier molecular flexibility index (Phi) is 5.68. The molecular formula is C9H9F3NY-. The van der Waals surface area contributed by atoms with E-state index < -0.39 is 18.7 Å². The van der Waals surface area contributed by atoms with Gasteiger partial charge in [-0.3, -0.25) is 0 Å². The zero-order chi connectivity index (χ0) is 10.0. The normalized spacial score (nSPS) is 16.4. The van der Waals surface area contributed by atoms with E-state index in [-0.39, 0.29) is 43.9 Å². The van der Waals surface area contributed by atoms with Crippen molar-refractivity contribution in [2.24, 2.45) is 0 Å². The number of halogens is 3. The average molecular weight is 277 g/mol. The summed E-state index contributed by atoms with van der Waals surface area (Å²) in [4.78, 5) is 1.28. The predicted octanol–water partition coefficient (Wildman–Crippen LogP) is 2.64. The maximum atomic E-state index is 12.9. The second-order valence-corrected chi connectivity index (χ2v) is 2.75. The third kappa shape index (κ3) is 3.58. The van der Waals surface area contributed by atoms with Gasteiger partial charge in [0, 0.05) is 45.0 Å². The molecule has 5 heteroatoms. The molecule has 0 amide bonds. The summed E-state index contributed by atoms with van der Waals surface area (Å²) in [6.07, 6.45) is 0.721. The number of hydrogen-bond donors (Lipinski definition) is 0. The van der Waals surface area contributed by atoms with Gasteiger partial charge < -0.3 is 4.90 Å². The zero-order valence-electron chi connectivity index (χ0n) is 7.73. The molecule has 0 bridgehead atoms. The minimum atomic E-state index is -2.50. The van der Waals surface area contributed by atoms with Gasteiger partial charge >= 0.3 is 0 Å². The quantitative estimate of drug-likeness (QED) is 0.701. The molecule has 1 aliphatic rings. The van der Waals surface area contributed by atoms with Gasteiger partial charge in [0.25, 0.3) is 0 Å². The molecule has 1 aliphatic heterocycles. The molecule has 1 radical (unpaired) electrons. The Hall–Kier alpha value is -0.0861. The van der Waals surface area contributed by atoms with Gasteiger partial charge in [-0.1, -0.05) is 12.4 Å². The summed E-state index contributed by atoms with van der Waals surface area (Å²) in [6.45, 7) is 3.36. The zero-order valence-corrected chi connectivity index (χ0v) is 10.6. The molecule has 0 aromatic heterocycles. The Morgan fingerprint density at radius 1 is 1.57 bits per heavy atom. The largest absolute Gasteiger partial charge is 0.461 e. The van der Waals surface area contributed by atoms with Gasteiger partial charge in [0.15, 0.2) is 0 Å². The summed E-state index contributed by atoms with van der Waals surface area (Å²) in [5, 5.41) is 0. The van der Waals surface area contributed by atoms with Crippen molar-refractivity contribution in [1.82, 2.24) is 4.90 Å². The van der Waals surface area contributed by atoms with Crippen LogP contribution in [0.2, 0.25) is 0 Å². The molecule has 0 atom stereocenters. The third-order valence-electron chi connectivity index (χ3n) is 1.63. The minimum absolute atomic E-state index is 0. The summed E-state index contributed by atoms with van der Waals surface area (Å²) in [7, 11) is 1.53. The van der Waals surface area contributed by atoms with E-state index in [1.165, 1.54) is 11.9 Å². The number of hydrogen-bond acceptors (Lipinski definition) is 1. The Bertz CT molecular complexity index is 284. The molecule has 1 rings (SSSR count). The van der Waals surface area contributed by atoms with Gasteiger partial charge in [-0.15, -0.1) is 17.7 Å². The van der Waals surface area contributed by atoms with Crippen LogP contribution in [0.3, 0.4) is 0 Å². The van der Waals surface area contributed by atoms with Crippen molar-refractivity contribution in [3.05, 3.63) is 36.0 Å². The van der Waals surface area contributed by atoms with Crippen LogP contribution in [-0.2, 0) is 32.7 Å². The van der Waals surface area contributed by atoms with E-state index in [1.807, 2.05) is 0 Å². The molecule has 1 heterocycles. The molecule has 0 unspecified atom stereocenters. The van der Waals surface area contributed by atoms with E-state index in [4.69, 9.17) is 0 Å². The summed E-state index contributed by atoms with van der Waals surface area (Å²) in [5.74, 6) is -0.586. The van der Waals surface area contributed by atoms with Crippen molar-refractivity contribution in [3.8, 4) is 0 Å². The molecule has 75 valence electrons. The molecule has 0 aromatic rings. The smallest absolute Gasteiger partial charge is 0.240 e. The first-order valence-corrected chi connectivity index (χ1v) is 3.71. The van der Waals surface area contributed by atoms with E-state index >= 15 is 0 Å². The second kappa shape index (κ2) is 5.71. The molecule has 0 aromatic carbocycles. The van der Waals surface area contributed by atoms with E-state index in [0.717, 1.165) is 6.20 Å². The maximum absolute atomic E-state index is 12.9. The minimum Gasteiger partial charge on any atom is -0.461 e. The van der Waals surface area contributed by atoms with Gasteiger partial charge in [-0.25, -0.2) is 13.2 Å². The molecule has 0 saturated heterocycles. The number of alkyl halides is 2. The fourth-order valence-electron chi connectivity index (χ4n) is 1.03. The van der Waals surface area contributed by atoms with Crippen LogP contribution >= 0.6 is 0 Å². The van der Waals surface area contributed by atoms with E-state index in [0.29, 0.717) is 0 Å². The van der Waals surface area contributed by atoms with Crippen molar-refractivity contribution < 1.29 is 45.9 Å². The molecule has 1 nitrogen and oxygen atoms in total. The summed E-state index contributed by atoms with van der Waals surface area (Å²) < 4.78 is 36.9. The number of rotatable bonds is 2. The molecule has 0 spiro atoms. The fourth-order valence-corrected chi connectivity index (χ4v) is 1.03. The van der Waals surface area contributed by atoms with Crippen molar-refractivity contribution in [2.75, 3.05) is 7.05 Å². The molecule has 0 N–H and O–H groups in total. The second-order valence-electron chi connectivity index (χ2n) is 2.75. The first kappa shape index (κ1) is 13.9. The van der Waals surface area contributed by atoms with Crippen molar-refractivity contribution >= 4 is 0 Å². The SMILES string of the molecule is C=C1C(CC(F)F)=[C-]N(C)C=C1F.[Y]. The van der Waals surface area contributed by atoms with E-state index in [1.54, 1.807) is 0 Å². The van der Waals surface area contributed by atoms with Gasteiger partial charge in [-0.05, 0) is 7.05 Å².